The zero-order valence-corrected chi connectivity index (χ0v) is 13.3. The van der Waals surface area contributed by atoms with E-state index in [-0.39, 0.29) is 23.1 Å². The van der Waals surface area contributed by atoms with Crippen LogP contribution >= 0.6 is 0 Å². The Kier molecular flexibility index (Phi) is 4.46. The second-order valence-corrected chi connectivity index (χ2v) is 5.76. The lowest BCUT2D eigenvalue weighted by atomic mass is 9.82. The summed E-state index contributed by atoms with van der Waals surface area (Å²) in [6.45, 7) is 0. The van der Waals surface area contributed by atoms with Crippen molar-refractivity contribution in [2.75, 3.05) is 12.4 Å². The minimum Gasteiger partial charge on any atom is -0.465 e. The summed E-state index contributed by atoms with van der Waals surface area (Å²) in [7, 11) is 1.25. The van der Waals surface area contributed by atoms with Gasteiger partial charge >= 0.3 is 5.97 Å². The molecular formula is C18H18N2O4. The smallest absolute Gasteiger partial charge is 0.339 e. The number of aromatic amines is 1. The van der Waals surface area contributed by atoms with Crippen LogP contribution in [-0.2, 0) is 16.0 Å². The highest BCUT2D eigenvalue weighted by Gasteiger charge is 2.26. The second kappa shape index (κ2) is 6.70. The maximum atomic E-state index is 12.7. The molecule has 3 rings (SSSR count). The molecule has 1 heterocycles. The molecule has 0 radical (unpaired) electrons. The average molecular weight is 326 g/mol. The van der Waals surface area contributed by atoms with Gasteiger partial charge in [-0.25, -0.2) is 4.79 Å². The zero-order chi connectivity index (χ0) is 17.1. The summed E-state index contributed by atoms with van der Waals surface area (Å²) in [6, 6.07) is 9.18. The van der Waals surface area contributed by atoms with Crippen molar-refractivity contribution >= 4 is 17.6 Å². The Morgan fingerprint density at radius 1 is 1.29 bits per heavy atom. The summed E-state index contributed by atoms with van der Waals surface area (Å²) < 4.78 is 4.63. The van der Waals surface area contributed by atoms with Gasteiger partial charge in [-0.1, -0.05) is 24.3 Å². The Hall–Kier alpha value is -2.89. The van der Waals surface area contributed by atoms with Crippen molar-refractivity contribution in [3.05, 3.63) is 63.6 Å². The van der Waals surface area contributed by atoms with Crippen LogP contribution in [0.3, 0.4) is 0 Å². The Morgan fingerprint density at radius 2 is 2.08 bits per heavy atom. The van der Waals surface area contributed by atoms with E-state index in [1.165, 1.54) is 24.9 Å². The summed E-state index contributed by atoms with van der Waals surface area (Å²) in [5.41, 5.74) is 1.94. The van der Waals surface area contributed by atoms with Crippen molar-refractivity contribution in [2.45, 2.75) is 25.2 Å². The van der Waals surface area contributed by atoms with Gasteiger partial charge in [0.05, 0.1) is 18.6 Å². The average Bonchev–Trinajstić information content (AvgIpc) is 2.62. The molecule has 124 valence electrons. The maximum Gasteiger partial charge on any atom is 0.339 e. The molecule has 0 saturated carbocycles. The number of anilines is 1. The molecule has 6 heteroatoms. The van der Waals surface area contributed by atoms with Crippen molar-refractivity contribution < 1.29 is 14.3 Å². The normalized spacial score (nSPS) is 16.1. The number of nitrogens with one attached hydrogen (secondary N) is 2. The highest BCUT2D eigenvalue weighted by atomic mass is 16.5. The second-order valence-electron chi connectivity index (χ2n) is 5.76. The number of methoxy groups -OCH3 is 1. The lowest BCUT2D eigenvalue weighted by Gasteiger charge is -2.24. The molecule has 0 unspecified atom stereocenters. The van der Waals surface area contributed by atoms with E-state index in [1.54, 1.807) is 0 Å². The molecule has 1 aromatic carbocycles. The maximum absolute atomic E-state index is 12.7. The standard InChI is InChI=1S/C18H18N2O4/c1-24-18(23)12-9-15(17(22)19-10-12)20-16(21)14-8-4-6-11-5-2-3-7-13(11)14/h2-3,5,7,9-10,14H,4,6,8H2,1H3,(H,19,22)(H,20,21)/t14-/m0/s1. The van der Waals surface area contributed by atoms with Crippen LogP contribution in [0.2, 0.25) is 0 Å². The Morgan fingerprint density at radius 3 is 2.88 bits per heavy atom. The van der Waals surface area contributed by atoms with Gasteiger partial charge in [0.2, 0.25) is 5.91 Å². The number of aromatic nitrogens is 1. The van der Waals surface area contributed by atoms with Gasteiger partial charge in [0.25, 0.3) is 5.56 Å². The van der Waals surface area contributed by atoms with Gasteiger partial charge in [-0.2, -0.15) is 0 Å². The van der Waals surface area contributed by atoms with Gasteiger partial charge in [0, 0.05) is 6.20 Å². The van der Waals surface area contributed by atoms with Gasteiger partial charge < -0.3 is 15.0 Å². The molecule has 0 spiro atoms. The van der Waals surface area contributed by atoms with E-state index in [9.17, 15) is 14.4 Å². The van der Waals surface area contributed by atoms with Gasteiger partial charge in [0.1, 0.15) is 5.69 Å². The predicted molar refractivity (Wildman–Crippen MR) is 89.2 cm³/mol. The number of carbonyl (C=O) groups excluding carboxylic acids is 2. The van der Waals surface area contributed by atoms with E-state index in [4.69, 9.17) is 0 Å². The van der Waals surface area contributed by atoms with E-state index in [1.807, 2.05) is 24.3 Å². The molecule has 2 N–H and O–H groups in total. The van der Waals surface area contributed by atoms with Gasteiger partial charge in [-0.05, 0) is 36.5 Å². The minimum absolute atomic E-state index is 0.0472. The van der Waals surface area contributed by atoms with E-state index >= 15 is 0 Å². The van der Waals surface area contributed by atoms with E-state index in [2.05, 4.69) is 15.0 Å². The molecule has 1 aliphatic carbocycles. The number of H-pyrrole nitrogens is 1. The number of benzene rings is 1. The molecular weight excluding hydrogens is 308 g/mol. The van der Waals surface area contributed by atoms with Crippen molar-refractivity contribution in [3.63, 3.8) is 0 Å². The number of pyridine rings is 1. The van der Waals surface area contributed by atoms with E-state index < -0.39 is 11.5 Å². The SMILES string of the molecule is COC(=O)c1c[nH]c(=O)c(NC(=O)[C@H]2CCCc3ccccc32)c1. The number of rotatable bonds is 3. The third kappa shape index (κ3) is 3.08. The molecule has 0 aliphatic heterocycles. The van der Waals surface area contributed by atoms with E-state index in [0.717, 1.165) is 24.8 Å². The molecule has 1 atom stereocenters. The number of fused-ring (bicyclic) bond motifs is 1. The molecule has 0 saturated heterocycles. The number of esters is 1. The third-order valence-corrected chi connectivity index (χ3v) is 4.27. The van der Waals surface area contributed by atoms with Crippen molar-refractivity contribution in [3.8, 4) is 0 Å². The number of hydrogen-bond acceptors (Lipinski definition) is 4. The number of hydrogen-bond donors (Lipinski definition) is 2. The van der Waals surface area contributed by atoms with E-state index in [0.29, 0.717) is 0 Å². The topological polar surface area (TPSA) is 88.3 Å². The minimum atomic E-state index is -0.579. The fraction of sp³-hybridized carbons (Fsp3) is 0.278. The third-order valence-electron chi connectivity index (χ3n) is 4.27. The van der Waals surface area contributed by atoms with Crippen LogP contribution in [-0.4, -0.2) is 24.0 Å². The Bertz CT molecular complexity index is 841. The van der Waals surface area contributed by atoms with Crippen molar-refractivity contribution in [1.29, 1.82) is 0 Å². The summed E-state index contributed by atoms with van der Waals surface area (Å²) in [6.07, 6.45) is 3.88. The first-order valence-electron chi connectivity index (χ1n) is 7.80. The van der Waals surface area contributed by atoms with Crippen LogP contribution in [0.1, 0.15) is 40.2 Å². The highest BCUT2D eigenvalue weighted by molar-refractivity contribution is 5.97. The first kappa shape index (κ1) is 16.0. The summed E-state index contributed by atoms with van der Waals surface area (Å²) in [5.74, 6) is -1.12. The van der Waals surface area contributed by atoms with Gasteiger partial charge in [-0.3, -0.25) is 9.59 Å². The molecule has 1 aliphatic rings. The van der Waals surface area contributed by atoms with Gasteiger partial charge in [0.15, 0.2) is 0 Å². The highest BCUT2D eigenvalue weighted by Crippen LogP contribution is 2.32. The van der Waals surface area contributed by atoms with Crippen LogP contribution in [0.5, 0.6) is 0 Å². The number of aryl methyl sites for hydroxylation is 1. The number of amides is 1. The fourth-order valence-electron chi connectivity index (χ4n) is 3.06. The largest absolute Gasteiger partial charge is 0.465 e. The van der Waals surface area contributed by atoms with Crippen molar-refractivity contribution in [1.82, 2.24) is 4.98 Å². The fourth-order valence-corrected chi connectivity index (χ4v) is 3.06. The number of carbonyl (C=O) groups is 2. The van der Waals surface area contributed by atoms with Crippen LogP contribution in [0.15, 0.2) is 41.3 Å². The van der Waals surface area contributed by atoms with Crippen LogP contribution in [0.4, 0.5) is 5.69 Å². The van der Waals surface area contributed by atoms with Crippen LogP contribution in [0.25, 0.3) is 0 Å². The van der Waals surface area contributed by atoms with Crippen molar-refractivity contribution in [2.24, 2.45) is 0 Å². The monoisotopic (exact) mass is 326 g/mol. The predicted octanol–water partition coefficient (Wildman–Crippen LogP) is 2.22. The molecule has 0 bridgehead atoms. The molecule has 2 aromatic rings. The molecule has 24 heavy (non-hydrogen) atoms. The molecule has 0 fully saturated rings. The molecule has 1 amide bonds. The van der Waals surface area contributed by atoms with Crippen LogP contribution in [0, 0.1) is 0 Å². The Balaban J connectivity index is 1.86. The lowest BCUT2D eigenvalue weighted by Crippen LogP contribution is -2.27. The zero-order valence-electron chi connectivity index (χ0n) is 13.3. The van der Waals surface area contributed by atoms with Gasteiger partial charge in [-0.15, -0.1) is 0 Å². The quantitative estimate of drug-likeness (QED) is 0.847. The lowest BCUT2D eigenvalue weighted by molar-refractivity contribution is -0.117. The summed E-state index contributed by atoms with van der Waals surface area (Å²) in [5, 5.41) is 2.65. The van der Waals surface area contributed by atoms with Crippen LogP contribution < -0.4 is 10.9 Å². The molecule has 1 aromatic heterocycles. The molecule has 6 nitrogen and oxygen atoms in total. The number of ether oxygens (including phenoxy) is 1. The summed E-state index contributed by atoms with van der Waals surface area (Å²) in [4.78, 5) is 38.6. The first-order valence-corrected chi connectivity index (χ1v) is 7.80. The first-order chi connectivity index (χ1) is 11.6. The summed E-state index contributed by atoms with van der Waals surface area (Å²) >= 11 is 0. The Labute approximate surface area is 138 Å².